The van der Waals surface area contributed by atoms with Crippen molar-refractivity contribution in [2.75, 3.05) is 0 Å². The smallest absolute Gasteiger partial charge is 0.422 e. The van der Waals surface area contributed by atoms with Crippen molar-refractivity contribution in [1.82, 2.24) is 0 Å². The number of ether oxygens (including phenoxy) is 1. The number of alkyl halides is 6. The van der Waals surface area contributed by atoms with Crippen molar-refractivity contribution in [3.05, 3.63) is 29.3 Å². The zero-order chi connectivity index (χ0) is 15.7. The molecule has 0 spiro atoms. The minimum Gasteiger partial charge on any atom is -0.473 e. The lowest BCUT2D eigenvalue weighted by Gasteiger charge is -2.17. The second-order valence-electron chi connectivity index (χ2n) is 3.37. The van der Waals surface area contributed by atoms with Gasteiger partial charge in [0.1, 0.15) is 0 Å². The van der Waals surface area contributed by atoms with Crippen LogP contribution in [0.5, 0.6) is 5.75 Å². The van der Waals surface area contributed by atoms with Gasteiger partial charge in [-0.25, -0.2) is 9.59 Å². The predicted octanol–water partition coefficient (Wildman–Crippen LogP) is 2.71. The Morgan fingerprint density at radius 1 is 0.950 bits per heavy atom. The van der Waals surface area contributed by atoms with E-state index in [2.05, 4.69) is 4.74 Å². The quantitative estimate of drug-likeness (QED) is 0.375. The molecule has 0 heterocycles. The highest BCUT2D eigenvalue weighted by Crippen LogP contribution is 2.44. The van der Waals surface area contributed by atoms with Gasteiger partial charge in [-0.3, -0.25) is 0 Å². The van der Waals surface area contributed by atoms with Crippen LogP contribution < -0.4 is 4.74 Å². The molecule has 0 aliphatic heterocycles. The summed E-state index contributed by atoms with van der Waals surface area (Å²) in [6.07, 6.45) is -10.5. The normalized spacial score (nSPS) is 12.1. The van der Waals surface area contributed by atoms with Gasteiger partial charge in [-0.05, 0) is 12.1 Å². The van der Waals surface area contributed by atoms with Crippen LogP contribution in [-0.4, -0.2) is 17.0 Å². The van der Waals surface area contributed by atoms with Crippen LogP contribution in [0.2, 0.25) is 0 Å². The molecule has 0 unspecified atom stereocenters. The highest BCUT2D eigenvalue weighted by molar-refractivity contribution is 6.29. The molecule has 1 rings (SSSR count). The molecule has 0 saturated carbocycles. The summed E-state index contributed by atoms with van der Waals surface area (Å²) >= 11 is 0. The fourth-order valence-electron chi connectivity index (χ4n) is 1.23. The van der Waals surface area contributed by atoms with Crippen molar-refractivity contribution in [2.45, 2.75) is 12.4 Å². The molecule has 0 atom stereocenters. The van der Waals surface area contributed by atoms with E-state index >= 15 is 0 Å². The number of carbonyl (C=O) groups is 2. The first-order valence-electron chi connectivity index (χ1n) is 4.67. The van der Waals surface area contributed by atoms with E-state index in [9.17, 15) is 35.9 Å². The van der Waals surface area contributed by atoms with E-state index in [1.54, 1.807) is 0 Å². The van der Waals surface area contributed by atoms with Crippen LogP contribution >= 0.6 is 0 Å². The molecule has 110 valence electrons. The highest BCUT2D eigenvalue weighted by Gasteiger charge is 2.42. The maximum atomic E-state index is 12.6. The Morgan fingerprint density at radius 3 is 1.65 bits per heavy atom. The number of para-hydroxylation sites is 1. The molecule has 20 heavy (non-hydrogen) atoms. The van der Waals surface area contributed by atoms with Gasteiger partial charge in [0.05, 0.1) is 11.1 Å². The average Bonchev–Trinajstić information content (AvgIpc) is 2.25. The summed E-state index contributed by atoms with van der Waals surface area (Å²) in [5.41, 5.74) is -3.80. The van der Waals surface area contributed by atoms with E-state index in [0.29, 0.717) is 6.07 Å². The number of hydrogen-bond donors (Lipinski definition) is 1. The maximum Gasteiger partial charge on any atom is 0.422 e. The first-order valence-corrected chi connectivity index (χ1v) is 4.67. The zero-order valence-corrected chi connectivity index (χ0v) is 9.17. The maximum absolute atomic E-state index is 12.6. The number of carboxylic acid groups (broad SMARTS) is 1. The Bertz CT molecular complexity index is 513. The molecule has 1 aromatic rings. The second-order valence-corrected chi connectivity index (χ2v) is 3.37. The molecule has 0 fully saturated rings. The fraction of sp³-hybridized carbons (Fsp3) is 0.200. The lowest BCUT2D eigenvalue weighted by molar-refractivity contribution is -0.161. The van der Waals surface area contributed by atoms with Crippen molar-refractivity contribution >= 4 is 11.9 Å². The third-order valence-corrected chi connectivity index (χ3v) is 2.00. The van der Waals surface area contributed by atoms with Crippen molar-refractivity contribution in [2.24, 2.45) is 0 Å². The van der Waals surface area contributed by atoms with Crippen molar-refractivity contribution in [1.29, 1.82) is 0 Å². The summed E-state index contributed by atoms with van der Waals surface area (Å²) < 4.78 is 79.1. The summed E-state index contributed by atoms with van der Waals surface area (Å²) in [5.74, 6) is -6.47. The molecule has 4 nitrogen and oxygen atoms in total. The highest BCUT2D eigenvalue weighted by atomic mass is 19.4. The molecule has 0 amide bonds. The number of carbonyl (C=O) groups excluding carboxylic acids is 1. The van der Waals surface area contributed by atoms with Crippen LogP contribution in [0.3, 0.4) is 0 Å². The van der Waals surface area contributed by atoms with E-state index in [1.165, 1.54) is 0 Å². The first-order chi connectivity index (χ1) is 8.94. The SMILES string of the molecule is O=C(O)C(=O)Oc1c(C(F)(F)F)cccc1C(F)(F)F. The van der Waals surface area contributed by atoms with E-state index in [4.69, 9.17) is 5.11 Å². The molecule has 0 bridgehead atoms. The second kappa shape index (κ2) is 5.02. The summed E-state index contributed by atoms with van der Waals surface area (Å²) in [6, 6.07) is 0.934. The third kappa shape index (κ3) is 3.39. The standard InChI is InChI=1S/C10H4F6O4/c11-9(12,13)4-2-1-3-5(10(14,15)16)6(4)20-8(19)7(17)18/h1-3H,(H,17,18). The van der Waals surface area contributed by atoms with Gasteiger partial charge in [0.15, 0.2) is 5.75 Å². The van der Waals surface area contributed by atoms with Gasteiger partial charge in [-0.15, -0.1) is 0 Å². The molecular weight excluding hydrogens is 298 g/mol. The van der Waals surface area contributed by atoms with Crippen LogP contribution in [0.15, 0.2) is 18.2 Å². The van der Waals surface area contributed by atoms with Crippen molar-refractivity contribution in [3.8, 4) is 5.75 Å². The van der Waals surface area contributed by atoms with Gasteiger partial charge in [-0.1, -0.05) is 6.07 Å². The Kier molecular flexibility index (Phi) is 3.97. The number of halogens is 6. The molecule has 1 aromatic carbocycles. The lowest BCUT2D eigenvalue weighted by Crippen LogP contribution is -2.23. The fourth-order valence-corrected chi connectivity index (χ4v) is 1.23. The van der Waals surface area contributed by atoms with Gasteiger partial charge in [0.25, 0.3) is 0 Å². The number of benzene rings is 1. The van der Waals surface area contributed by atoms with E-state index < -0.39 is 41.2 Å². The Hall–Kier alpha value is -2.26. The van der Waals surface area contributed by atoms with E-state index in [1.807, 2.05) is 0 Å². The first kappa shape index (κ1) is 15.8. The molecular formula is C10H4F6O4. The molecule has 0 aliphatic rings. The monoisotopic (exact) mass is 302 g/mol. The van der Waals surface area contributed by atoms with Crippen LogP contribution in [0, 0.1) is 0 Å². The van der Waals surface area contributed by atoms with Crippen LogP contribution in [-0.2, 0) is 21.9 Å². The number of esters is 1. The molecule has 1 N–H and O–H groups in total. The van der Waals surface area contributed by atoms with Crippen molar-refractivity contribution in [3.63, 3.8) is 0 Å². The number of carboxylic acids is 1. The zero-order valence-electron chi connectivity index (χ0n) is 9.17. The minimum absolute atomic E-state index is 0.236. The van der Waals surface area contributed by atoms with Gasteiger partial charge >= 0.3 is 24.3 Å². The molecule has 0 aromatic heterocycles. The third-order valence-electron chi connectivity index (χ3n) is 2.00. The average molecular weight is 302 g/mol. The van der Waals surface area contributed by atoms with Gasteiger partial charge in [0, 0.05) is 0 Å². The van der Waals surface area contributed by atoms with Gasteiger partial charge in [-0.2, -0.15) is 26.3 Å². The Balaban J connectivity index is 3.49. The molecule has 10 heteroatoms. The largest absolute Gasteiger partial charge is 0.473 e. The number of aliphatic carboxylic acids is 1. The summed E-state index contributed by atoms with van der Waals surface area (Å²) in [4.78, 5) is 20.9. The molecule has 0 radical (unpaired) electrons. The number of hydrogen-bond acceptors (Lipinski definition) is 3. The van der Waals surface area contributed by atoms with E-state index in [-0.39, 0.29) is 12.1 Å². The topological polar surface area (TPSA) is 63.6 Å². The van der Waals surface area contributed by atoms with Crippen LogP contribution in [0.25, 0.3) is 0 Å². The van der Waals surface area contributed by atoms with Crippen LogP contribution in [0.1, 0.15) is 11.1 Å². The predicted molar refractivity (Wildman–Crippen MR) is 49.7 cm³/mol. The van der Waals surface area contributed by atoms with Crippen molar-refractivity contribution < 1.29 is 45.8 Å². The van der Waals surface area contributed by atoms with Crippen LogP contribution in [0.4, 0.5) is 26.3 Å². The van der Waals surface area contributed by atoms with E-state index in [0.717, 1.165) is 0 Å². The van der Waals surface area contributed by atoms with Gasteiger partial charge in [0.2, 0.25) is 0 Å². The number of rotatable bonds is 1. The summed E-state index contributed by atoms with van der Waals surface area (Å²) in [7, 11) is 0. The summed E-state index contributed by atoms with van der Waals surface area (Å²) in [6.45, 7) is 0. The summed E-state index contributed by atoms with van der Waals surface area (Å²) in [5, 5.41) is 8.19. The van der Waals surface area contributed by atoms with Gasteiger partial charge < -0.3 is 9.84 Å². The Morgan fingerprint density at radius 2 is 1.35 bits per heavy atom. The minimum atomic E-state index is -5.25. The molecule has 0 aliphatic carbocycles. The Labute approximate surface area is 106 Å². The molecule has 0 saturated heterocycles. The lowest BCUT2D eigenvalue weighted by atomic mass is 10.1.